The van der Waals surface area contributed by atoms with E-state index < -0.39 is 0 Å². The van der Waals surface area contributed by atoms with E-state index in [2.05, 4.69) is 15.6 Å². The molecule has 6 nitrogen and oxygen atoms in total. The van der Waals surface area contributed by atoms with Crippen molar-refractivity contribution in [2.24, 2.45) is 0 Å². The highest BCUT2D eigenvalue weighted by Gasteiger charge is 2.23. The summed E-state index contributed by atoms with van der Waals surface area (Å²) < 4.78 is 0. The molecule has 1 fully saturated rings. The Morgan fingerprint density at radius 3 is 2.82 bits per heavy atom. The van der Waals surface area contributed by atoms with Gasteiger partial charge >= 0.3 is 0 Å². The number of carbonyl (C=O) groups excluding carboxylic acids is 2. The van der Waals surface area contributed by atoms with Crippen molar-refractivity contribution in [1.29, 1.82) is 0 Å². The second kappa shape index (κ2) is 5.11. The lowest BCUT2D eigenvalue weighted by atomic mass is 10.1. The van der Waals surface area contributed by atoms with Gasteiger partial charge in [0.15, 0.2) is 0 Å². The van der Waals surface area contributed by atoms with Gasteiger partial charge in [-0.1, -0.05) is 0 Å². The molecule has 0 unspecified atom stereocenters. The van der Waals surface area contributed by atoms with Crippen molar-refractivity contribution < 1.29 is 9.59 Å². The molecule has 1 aromatic heterocycles. The molecular weight excluding hydrogens is 220 g/mol. The van der Waals surface area contributed by atoms with Crippen molar-refractivity contribution in [1.82, 2.24) is 20.5 Å². The zero-order valence-electron chi connectivity index (χ0n) is 9.69. The Morgan fingerprint density at radius 2 is 2.29 bits per heavy atom. The van der Waals surface area contributed by atoms with Gasteiger partial charge in [-0.05, 0) is 19.2 Å². The van der Waals surface area contributed by atoms with Crippen molar-refractivity contribution >= 4 is 11.8 Å². The molecule has 1 aliphatic heterocycles. The normalized spacial score (nSPS) is 15.6. The molecule has 6 heteroatoms. The topological polar surface area (TPSA) is 77.2 Å². The first-order chi connectivity index (χ1) is 8.16. The van der Waals surface area contributed by atoms with E-state index in [1.165, 1.54) is 0 Å². The van der Waals surface area contributed by atoms with Gasteiger partial charge in [-0.15, -0.1) is 0 Å². The number of H-pyrrole nitrogens is 1. The Morgan fingerprint density at radius 1 is 1.53 bits per heavy atom. The molecule has 17 heavy (non-hydrogen) atoms. The molecule has 0 bridgehead atoms. The van der Waals surface area contributed by atoms with Gasteiger partial charge in [0, 0.05) is 25.3 Å². The number of aromatic nitrogens is 1. The van der Waals surface area contributed by atoms with Crippen molar-refractivity contribution in [2.75, 3.05) is 26.7 Å². The van der Waals surface area contributed by atoms with Crippen LogP contribution in [-0.2, 0) is 4.79 Å². The van der Waals surface area contributed by atoms with Gasteiger partial charge in [0.05, 0.1) is 6.54 Å². The third-order valence-electron chi connectivity index (χ3n) is 2.87. The quantitative estimate of drug-likeness (QED) is 0.638. The molecule has 2 heterocycles. The van der Waals surface area contributed by atoms with Crippen LogP contribution in [0.1, 0.15) is 10.5 Å². The van der Waals surface area contributed by atoms with E-state index >= 15 is 0 Å². The van der Waals surface area contributed by atoms with Crippen molar-refractivity contribution in [3.05, 3.63) is 24.0 Å². The average Bonchev–Trinajstić information content (AvgIpc) is 2.66. The molecule has 0 aliphatic carbocycles. The minimum absolute atomic E-state index is 0.235. The zero-order valence-corrected chi connectivity index (χ0v) is 9.69. The molecule has 0 aromatic carbocycles. The number of nitrogens with zero attached hydrogens (tertiary/aromatic N) is 1. The lowest BCUT2D eigenvalue weighted by Crippen LogP contribution is -2.57. The Bertz CT molecular complexity index is 398. The van der Waals surface area contributed by atoms with Crippen LogP contribution < -0.4 is 10.6 Å². The van der Waals surface area contributed by atoms with Crippen LogP contribution in [0.2, 0.25) is 0 Å². The Balaban J connectivity index is 1.78. The van der Waals surface area contributed by atoms with Crippen molar-refractivity contribution in [3.8, 4) is 0 Å². The maximum atomic E-state index is 11.6. The first kappa shape index (κ1) is 11.8. The van der Waals surface area contributed by atoms with E-state index in [1.54, 1.807) is 18.3 Å². The minimum Gasteiger partial charge on any atom is -0.357 e. The van der Waals surface area contributed by atoms with E-state index in [9.17, 15) is 9.59 Å². The number of carbonyl (C=O) groups is 2. The van der Waals surface area contributed by atoms with Crippen molar-refractivity contribution in [2.45, 2.75) is 6.04 Å². The highest BCUT2D eigenvalue weighted by molar-refractivity contribution is 6.04. The Kier molecular flexibility index (Phi) is 3.55. The van der Waals surface area contributed by atoms with Gasteiger partial charge in [-0.3, -0.25) is 19.8 Å². The number of hydrogen-bond donors (Lipinski definition) is 3. The van der Waals surface area contributed by atoms with Gasteiger partial charge in [-0.2, -0.15) is 0 Å². The SMILES string of the molecule is CN(CC(=O)NC(=O)c1ccc[nH]1)C1CNC1. The van der Waals surface area contributed by atoms with E-state index in [1.807, 2.05) is 11.9 Å². The molecule has 1 aliphatic rings. The lowest BCUT2D eigenvalue weighted by Gasteiger charge is -2.35. The summed E-state index contributed by atoms with van der Waals surface area (Å²) in [5.74, 6) is -0.667. The summed E-state index contributed by atoms with van der Waals surface area (Å²) in [5, 5.41) is 5.48. The van der Waals surface area contributed by atoms with Crippen LogP contribution in [0.15, 0.2) is 18.3 Å². The smallest absolute Gasteiger partial charge is 0.274 e. The summed E-state index contributed by atoms with van der Waals surface area (Å²) in [7, 11) is 1.88. The van der Waals surface area contributed by atoms with Crippen LogP contribution in [0.3, 0.4) is 0 Å². The third-order valence-corrected chi connectivity index (χ3v) is 2.87. The van der Waals surface area contributed by atoms with Crippen LogP contribution >= 0.6 is 0 Å². The van der Waals surface area contributed by atoms with E-state index in [-0.39, 0.29) is 18.4 Å². The second-order valence-corrected chi connectivity index (χ2v) is 4.19. The van der Waals surface area contributed by atoms with Gasteiger partial charge in [-0.25, -0.2) is 0 Å². The summed E-state index contributed by atoms with van der Waals surface area (Å²) in [4.78, 5) is 27.8. The highest BCUT2D eigenvalue weighted by atomic mass is 16.2. The van der Waals surface area contributed by atoms with Gasteiger partial charge < -0.3 is 10.3 Å². The van der Waals surface area contributed by atoms with Crippen molar-refractivity contribution in [3.63, 3.8) is 0 Å². The number of nitrogens with one attached hydrogen (secondary N) is 3. The molecule has 92 valence electrons. The number of imide groups is 1. The number of rotatable bonds is 4. The molecular formula is C11H16N4O2. The van der Waals surface area contributed by atoms with Crippen LogP contribution in [0.4, 0.5) is 0 Å². The summed E-state index contributed by atoms with van der Waals surface area (Å²) in [6.45, 7) is 2.03. The molecule has 3 N–H and O–H groups in total. The predicted octanol–water partition coefficient (Wildman–Crippen LogP) is -0.825. The summed E-state index contributed by atoms with van der Waals surface area (Å²) >= 11 is 0. The van der Waals surface area contributed by atoms with E-state index in [0.29, 0.717) is 11.7 Å². The predicted molar refractivity (Wildman–Crippen MR) is 62.6 cm³/mol. The summed E-state index contributed by atoms with van der Waals surface area (Å²) in [5.41, 5.74) is 0.395. The van der Waals surface area contributed by atoms with Crippen LogP contribution in [0, 0.1) is 0 Å². The maximum absolute atomic E-state index is 11.6. The zero-order chi connectivity index (χ0) is 12.3. The van der Waals surface area contributed by atoms with Gasteiger partial charge in [0.2, 0.25) is 5.91 Å². The average molecular weight is 236 g/mol. The van der Waals surface area contributed by atoms with Crippen LogP contribution in [-0.4, -0.2) is 54.4 Å². The van der Waals surface area contributed by atoms with Crippen LogP contribution in [0.25, 0.3) is 0 Å². The molecule has 0 atom stereocenters. The minimum atomic E-state index is -0.389. The first-order valence-electron chi connectivity index (χ1n) is 5.55. The molecule has 1 saturated heterocycles. The summed E-state index contributed by atoms with van der Waals surface area (Å²) in [6, 6.07) is 3.73. The maximum Gasteiger partial charge on any atom is 0.274 e. The molecule has 0 spiro atoms. The summed E-state index contributed by atoms with van der Waals surface area (Å²) in [6.07, 6.45) is 1.64. The molecule has 0 radical (unpaired) electrons. The molecule has 0 saturated carbocycles. The number of likely N-dealkylation sites (N-methyl/N-ethyl adjacent to an activating group) is 1. The monoisotopic (exact) mass is 236 g/mol. The Labute approximate surface area is 99.4 Å². The first-order valence-corrected chi connectivity index (χ1v) is 5.55. The van der Waals surface area contributed by atoms with Crippen LogP contribution in [0.5, 0.6) is 0 Å². The second-order valence-electron chi connectivity index (χ2n) is 4.19. The standard InChI is InChI=1S/C11H16N4O2/c1-15(8-5-12-6-8)7-10(16)14-11(17)9-3-2-4-13-9/h2-4,8,12-13H,5-7H2,1H3,(H,14,16,17). The number of amides is 2. The Hall–Kier alpha value is -1.66. The molecule has 2 rings (SSSR count). The largest absolute Gasteiger partial charge is 0.357 e. The number of hydrogen-bond acceptors (Lipinski definition) is 4. The third kappa shape index (κ3) is 2.92. The highest BCUT2D eigenvalue weighted by Crippen LogP contribution is 2.01. The van der Waals surface area contributed by atoms with E-state index in [4.69, 9.17) is 0 Å². The van der Waals surface area contributed by atoms with Gasteiger partial charge in [0.1, 0.15) is 5.69 Å². The lowest BCUT2D eigenvalue weighted by molar-refractivity contribution is -0.121. The van der Waals surface area contributed by atoms with Gasteiger partial charge in [0.25, 0.3) is 5.91 Å². The fourth-order valence-corrected chi connectivity index (χ4v) is 1.65. The van der Waals surface area contributed by atoms with E-state index in [0.717, 1.165) is 13.1 Å². The number of aromatic amines is 1. The molecule has 2 amide bonds. The molecule has 1 aromatic rings. The fraction of sp³-hybridized carbons (Fsp3) is 0.455. The fourth-order valence-electron chi connectivity index (χ4n) is 1.65.